The van der Waals surface area contributed by atoms with E-state index in [0.29, 0.717) is 6.42 Å². The first-order chi connectivity index (χ1) is 5.79. The predicted octanol–water partition coefficient (Wildman–Crippen LogP) is 1.21. The van der Waals surface area contributed by atoms with Crippen LogP contribution in [0.4, 0.5) is 0 Å². The summed E-state index contributed by atoms with van der Waals surface area (Å²) in [5.74, 6) is 1.04. The van der Waals surface area contributed by atoms with Crippen LogP contribution in [0.15, 0.2) is 36.3 Å². The number of allylic oxidation sites excluding steroid dienone is 1. The molecule has 0 aliphatic heterocycles. The third kappa shape index (κ3) is 3.15. The second kappa shape index (κ2) is 4.49. The van der Waals surface area contributed by atoms with Crippen molar-refractivity contribution in [3.8, 4) is 0 Å². The van der Waals surface area contributed by atoms with E-state index in [1.807, 2.05) is 31.1 Å². The van der Waals surface area contributed by atoms with Gasteiger partial charge in [0.15, 0.2) is 0 Å². The van der Waals surface area contributed by atoms with Crippen molar-refractivity contribution in [2.24, 2.45) is 0 Å². The zero-order chi connectivity index (χ0) is 8.81. The molecule has 0 amide bonds. The molecule has 0 fully saturated rings. The summed E-state index contributed by atoms with van der Waals surface area (Å²) in [6.45, 7) is 1.96. The van der Waals surface area contributed by atoms with Gasteiger partial charge in [-0.3, -0.25) is 0 Å². The molecule has 0 atom stereocenters. The molecule has 12 heavy (non-hydrogen) atoms. The van der Waals surface area contributed by atoms with E-state index in [0.717, 1.165) is 11.5 Å². The Morgan fingerprint density at radius 2 is 2.42 bits per heavy atom. The molecule has 0 unspecified atom stereocenters. The van der Waals surface area contributed by atoms with Crippen LogP contribution < -0.4 is 0 Å². The van der Waals surface area contributed by atoms with Crippen LogP contribution in [0.25, 0.3) is 0 Å². The Morgan fingerprint density at radius 3 is 3.00 bits per heavy atom. The SMILES string of the molecule is O=C(O)C=CCc1bcccc1. The molecular formula is C9H9BO2. The molecule has 0 saturated heterocycles. The van der Waals surface area contributed by atoms with Gasteiger partial charge in [-0.1, -0.05) is 0 Å². The number of aliphatic carboxylic acids is 1. The Hall–Kier alpha value is -1.38. The summed E-state index contributed by atoms with van der Waals surface area (Å²) >= 11 is 0. The molecule has 0 bridgehead atoms. The molecule has 0 aromatic carbocycles. The maximum atomic E-state index is 10.1. The van der Waals surface area contributed by atoms with Crippen LogP contribution in [0.1, 0.15) is 5.46 Å². The number of carboxylic acids is 1. The van der Waals surface area contributed by atoms with Crippen molar-refractivity contribution in [1.29, 1.82) is 0 Å². The summed E-state index contributed by atoms with van der Waals surface area (Å²) in [5, 5.41) is 8.30. The zero-order valence-electron chi connectivity index (χ0n) is 6.60. The molecule has 60 valence electrons. The number of rotatable bonds is 3. The summed E-state index contributed by atoms with van der Waals surface area (Å²) in [6, 6.07) is 5.83. The molecule has 0 radical (unpaired) electrons. The van der Waals surface area contributed by atoms with E-state index in [-0.39, 0.29) is 0 Å². The number of hydrogen-bond donors (Lipinski definition) is 1. The Kier molecular flexibility index (Phi) is 3.26. The number of carbonyl (C=O) groups is 1. The van der Waals surface area contributed by atoms with E-state index in [1.54, 1.807) is 6.08 Å². The molecule has 1 heterocycles. The molecule has 1 rings (SSSR count). The van der Waals surface area contributed by atoms with Gasteiger partial charge in [0.2, 0.25) is 0 Å². The van der Waals surface area contributed by atoms with Gasteiger partial charge in [-0.25, -0.2) is 0 Å². The molecule has 0 aliphatic rings. The minimum atomic E-state index is -0.897. The number of hydrogen-bond acceptors (Lipinski definition) is 1. The quantitative estimate of drug-likeness (QED) is 0.674. The van der Waals surface area contributed by atoms with E-state index < -0.39 is 5.97 Å². The van der Waals surface area contributed by atoms with Gasteiger partial charge in [-0.05, 0) is 0 Å². The fourth-order valence-corrected chi connectivity index (χ4v) is 0.910. The standard InChI is InChI=1S/C9H9BO2/c11-9(12)6-3-5-8-4-1-2-7-10-8/h1-4,6-7H,5H2,(H,11,12). The van der Waals surface area contributed by atoms with Crippen molar-refractivity contribution >= 4 is 12.9 Å². The second-order valence-corrected chi connectivity index (χ2v) is 2.43. The van der Waals surface area contributed by atoms with Crippen molar-refractivity contribution < 1.29 is 9.90 Å². The van der Waals surface area contributed by atoms with Gasteiger partial charge in [0.05, 0.1) is 0 Å². The molecule has 0 aliphatic carbocycles. The van der Waals surface area contributed by atoms with E-state index in [1.165, 1.54) is 0 Å². The molecule has 1 aromatic heterocycles. The van der Waals surface area contributed by atoms with E-state index in [9.17, 15) is 4.79 Å². The van der Waals surface area contributed by atoms with Crippen LogP contribution in [0.5, 0.6) is 0 Å². The Bertz CT molecular complexity index is 280. The average Bonchev–Trinajstić information content (AvgIpc) is 2.05. The summed E-state index contributed by atoms with van der Waals surface area (Å²) in [7, 11) is 0. The average molecular weight is 160 g/mol. The monoisotopic (exact) mass is 160 g/mol. The van der Waals surface area contributed by atoms with Crippen molar-refractivity contribution in [3.05, 3.63) is 41.8 Å². The summed E-state index contributed by atoms with van der Waals surface area (Å²) in [5.41, 5.74) is 1.12. The van der Waals surface area contributed by atoms with E-state index >= 15 is 0 Å². The molecular weight excluding hydrogens is 151 g/mol. The first-order valence-corrected chi connectivity index (χ1v) is 3.72. The van der Waals surface area contributed by atoms with Crippen molar-refractivity contribution in [3.63, 3.8) is 0 Å². The molecule has 1 aromatic rings. The van der Waals surface area contributed by atoms with Crippen molar-refractivity contribution in [2.45, 2.75) is 6.42 Å². The van der Waals surface area contributed by atoms with Crippen LogP contribution in [0, 0.1) is 0 Å². The fraction of sp³-hybridized carbons (Fsp3) is 0.111. The van der Waals surface area contributed by atoms with E-state index in [2.05, 4.69) is 0 Å². The van der Waals surface area contributed by atoms with Gasteiger partial charge >= 0.3 is 71.0 Å². The summed E-state index contributed by atoms with van der Waals surface area (Å²) in [6.07, 6.45) is 3.47. The third-order valence-corrected chi connectivity index (χ3v) is 1.46. The van der Waals surface area contributed by atoms with E-state index in [4.69, 9.17) is 5.11 Å². The van der Waals surface area contributed by atoms with Crippen molar-refractivity contribution in [1.82, 2.24) is 0 Å². The fourth-order valence-electron chi connectivity index (χ4n) is 0.910. The van der Waals surface area contributed by atoms with Crippen molar-refractivity contribution in [2.75, 3.05) is 0 Å². The predicted molar refractivity (Wildman–Crippen MR) is 48.3 cm³/mol. The second-order valence-electron chi connectivity index (χ2n) is 2.43. The minimum absolute atomic E-state index is 0.674. The van der Waals surface area contributed by atoms with Gasteiger partial charge in [0, 0.05) is 0 Å². The molecule has 1 N–H and O–H groups in total. The topological polar surface area (TPSA) is 37.3 Å². The first-order valence-electron chi connectivity index (χ1n) is 3.72. The first kappa shape index (κ1) is 8.72. The maximum absolute atomic E-state index is 10.1. The molecule has 0 saturated carbocycles. The van der Waals surface area contributed by atoms with Crippen LogP contribution >= 0.6 is 0 Å². The summed E-state index contributed by atoms with van der Waals surface area (Å²) in [4.78, 5) is 10.1. The van der Waals surface area contributed by atoms with Gasteiger partial charge < -0.3 is 0 Å². The molecule has 3 heteroatoms. The van der Waals surface area contributed by atoms with Gasteiger partial charge in [0.1, 0.15) is 0 Å². The van der Waals surface area contributed by atoms with Gasteiger partial charge in [-0.2, -0.15) is 0 Å². The van der Waals surface area contributed by atoms with Gasteiger partial charge in [0.25, 0.3) is 0 Å². The van der Waals surface area contributed by atoms with Crippen LogP contribution in [-0.4, -0.2) is 18.0 Å². The Labute approximate surface area is 71.8 Å². The zero-order valence-corrected chi connectivity index (χ0v) is 6.60. The van der Waals surface area contributed by atoms with Crippen LogP contribution in [-0.2, 0) is 11.2 Å². The van der Waals surface area contributed by atoms with Gasteiger partial charge in [-0.15, -0.1) is 0 Å². The number of carboxylic acid groups (broad SMARTS) is 1. The Balaban J connectivity index is 2.49. The molecule has 0 spiro atoms. The van der Waals surface area contributed by atoms with Crippen LogP contribution in [0.3, 0.4) is 0 Å². The molecule has 2 nitrogen and oxygen atoms in total. The summed E-state index contributed by atoms with van der Waals surface area (Å²) < 4.78 is 0. The normalized spacial score (nSPS) is 10.0. The van der Waals surface area contributed by atoms with Crippen LogP contribution in [0.2, 0.25) is 0 Å². The Morgan fingerprint density at radius 1 is 1.58 bits per heavy atom. The third-order valence-electron chi connectivity index (χ3n) is 1.46.